The lowest BCUT2D eigenvalue weighted by Gasteiger charge is -2.07. The Labute approximate surface area is 170 Å². The number of amidine groups is 1. The molecule has 3 rings (SSSR count). The summed E-state index contributed by atoms with van der Waals surface area (Å²) in [5.74, 6) is 0.317. The van der Waals surface area contributed by atoms with E-state index in [9.17, 15) is 13.2 Å². The molecule has 0 unspecified atom stereocenters. The fourth-order valence-corrected chi connectivity index (χ4v) is 4.48. The molecule has 0 bridgehead atoms. The van der Waals surface area contributed by atoms with Crippen molar-refractivity contribution in [1.29, 1.82) is 0 Å². The van der Waals surface area contributed by atoms with E-state index in [4.69, 9.17) is 11.6 Å². The van der Waals surface area contributed by atoms with Gasteiger partial charge in [0.2, 0.25) is 5.91 Å². The molecule has 0 aromatic heterocycles. The third-order valence-electron chi connectivity index (χ3n) is 4.39. The quantitative estimate of drug-likeness (QED) is 0.667. The number of carbonyl (C=O) groups is 1. The van der Waals surface area contributed by atoms with Crippen LogP contribution in [0.1, 0.15) is 36.8 Å². The van der Waals surface area contributed by atoms with Crippen LogP contribution < -0.4 is 10.0 Å². The molecule has 8 heteroatoms. The average molecular weight is 420 g/mol. The number of hydrogen-bond acceptors (Lipinski definition) is 4. The number of rotatable bonds is 7. The first kappa shape index (κ1) is 20.4. The summed E-state index contributed by atoms with van der Waals surface area (Å²) in [6.45, 7) is 2.44. The topological polar surface area (TPSA) is 87.6 Å². The van der Waals surface area contributed by atoms with E-state index in [1.807, 2.05) is 19.1 Å². The second-order valence-electron chi connectivity index (χ2n) is 6.67. The summed E-state index contributed by atoms with van der Waals surface area (Å²) in [6, 6.07) is 12.3. The smallest absolute Gasteiger partial charge is 0.263 e. The van der Waals surface area contributed by atoms with Crippen molar-refractivity contribution < 1.29 is 13.2 Å². The number of aryl methyl sites for hydroxylation is 1. The van der Waals surface area contributed by atoms with Crippen LogP contribution in [0.5, 0.6) is 0 Å². The van der Waals surface area contributed by atoms with Crippen LogP contribution in [0.3, 0.4) is 0 Å². The Morgan fingerprint density at radius 1 is 1.14 bits per heavy atom. The molecule has 2 N–H and O–H groups in total. The van der Waals surface area contributed by atoms with Crippen LogP contribution in [-0.2, 0) is 14.8 Å². The van der Waals surface area contributed by atoms with Gasteiger partial charge in [-0.25, -0.2) is 8.42 Å². The number of carbonyl (C=O) groups excluding carboxylic acids is 1. The molecule has 6 nitrogen and oxygen atoms in total. The second kappa shape index (κ2) is 8.75. The van der Waals surface area contributed by atoms with Gasteiger partial charge in [0.25, 0.3) is 10.0 Å². The van der Waals surface area contributed by atoms with Crippen LogP contribution in [-0.4, -0.2) is 26.7 Å². The Kier molecular flexibility index (Phi) is 6.36. The third-order valence-corrected chi connectivity index (χ3v) is 6.10. The molecule has 148 valence electrons. The molecule has 1 aliphatic heterocycles. The highest BCUT2D eigenvalue weighted by atomic mass is 35.5. The predicted molar refractivity (Wildman–Crippen MR) is 111 cm³/mol. The Morgan fingerprint density at radius 2 is 1.93 bits per heavy atom. The van der Waals surface area contributed by atoms with Gasteiger partial charge in [0.1, 0.15) is 5.84 Å². The van der Waals surface area contributed by atoms with Crippen molar-refractivity contribution in [3.8, 4) is 0 Å². The van der Waals surface area contributed by atoms with Gasteiger partial charge in [-0.2, -0.15) is 0 Å². The average Bonchev–Trinajstić information content (AvgIpc) is 2.91. The van der Waals surface area contributed by atoms with Gasteiger partial charge in [0, 0.05) is 18.5 Å². The minimum atomic E-state index is -3.49. The van der Waals surface area contributed by atoms with Crippen molar-refractivity contribution in [2.75, 3.05) is 11.9 Å². The van der Waals surface area contributed by atoms with E-state index in [1.54, 1.807) is 30.3 Å². The third kappa shape index (κ3) is 4.91. The van der Waals surface area contributed by atoms with Crippen molar-refractivity contribution in [3.63, 3.8) is 0 Å². The highest BCUT2D eigenvalue weighted by molar-refractivity contribution is 7.90. The molecule has 1 amide bonds. The van der Waals surface area contributed by atoms with Gasteiger partial charge in [-0.1, -0.05) is 36.2 Å². The number of fused-ring (bicyclic) bond motifs is 1. The molecule has 0 atom stereocenters. The second-order valence-corrected chi connectivity index (χ2v) is 8.73. The summed E-state index contributed by atoms with van der Waals surface area (Å²) in [5.41, 5.74) is 2.27. The first-order valence-electron chi connectivity index (χ1n) is 9.09. The lowest BCUT2D eigenvalue weighted by Crippen LogP contribution is -2.22. The van der Waals surface area contributed by atoms with Gasteiger partial charge in [0.05, 0.1) is 15.6 Å². The number of sulfonamides is 1. The van der Waals surface area contributed by atoms with Crippen molar-refractivity contribution in [2.45, 2.75) is 37.5 Å². The molecule has 1 heterocycles. The summed E-state index contributed by atoms with van der Waals surface area (Å²) in [4.78, 5) is 16.7. The van der Waals surface area contributed by atoms with Crippen molar-refractivity contribution in [3.05, 3.63) is 58.6 Å². The first-order chi connectivity index (χ1) is 13.4. The molecule has 2 aromatic rings. The minimum absolute atomic E-state index is 0.0745. The molecule has 0 radical (unpaired) electrons. The van der Waals surface area contributed by atoms with Crippen molar-refractivity contribution >= 4 is 39.1 Å². The standard InChI is InChI=1S/C20H22ClN3O3S/c1-14-10-11-17(16(21)13-14)23-19(25)9-3-2-6-12-22-20-15-7-4-5-8-18(15)28(26,27)24-20/h4-5,7-8,10-11,13H,2-3,6,9,12H2,1H3,(H,22,24)(H,23,25). The minimum Gasteiger partial charge on any atom is -0.325 e. The van der Waals surface area contributed by atoms with E-state index in [1.165, 1.54) is 0 Å². The van der Waals surface area contributed by atoms with Gasteiger partial charge in [0.15, 0.2) is 0 Å². The summed E-state index contributed by atoms with van der Waals surface area (Å²) in [6.07, 6.45) is 2.71. The highest BCUT2D eigenvalue weighted by Gasteiger charge is 2.29. The number of aliphatic imine (C=N–C) groups is 1. The number of amides is 1. The van der Waals surface area contributed by atoms with E-state index >= 15 is 0 Å². The Hall–Kier alpha value is -2.38. The molecular weight excluding hydrogens is 398 g/mol. The van der Waals surface area contributed by atoms with Crippen LogP contribution in [0.15, 0.2) is 52.4 Å². The fourth-order valence-electron chi connectivity index (χ4n) is 2.95. The molecule has 0 spiro atoms. The summed E-state index contributed by atoms with van der Waals surface area (Å²) >= 11 is 6.12. The number of nitrogens with zero attached hydrogens (tertiary/aromatic N) is 1. The van der Waals surface area contributed by atoms with Gasteiger partial charge >= 0.3 is 0 Å². The normalized spacial score (nSPS) is 15.9. The van der Waals surface area contributed by atoms with E-state index in [0.29, 0.717) is 35.1 Å². The number of anilines is 1. The zero-order chi connectivity index (χ0) is 20.1. The molecule has 28 heavy (non-hydrogen) atoms. The van der Waals surface area contributed by atoms with Crippen LogP contribution in [0, 0.1) is 6.92 Å². The van der Waals surface area contributed by atoms with E-state index in [2.05, 4.69) is 15.0 Å². The van der Waals surface area contributed by atoms with Gasteiger partial charge in [-0.15, -0.1) is 0 Å². The van der Waals surface area contributed by atoms with Gasteiger partial charge < -0.3 is 5.32 Å². The highest BCUT2D eigenvalue weighted by Crippen LogP contribution is 2.23. The van der Waals surface area contributed by atoms with Crippen molar-refractivity contribution in [1.82, 2.24) is 4.72 Å². The SMILES string of the molecule is Cc1ccc(NC(=O)CCCCCN=C2NS(=O)(=O)c3ccccc32)c(Cl)c1. The maximum atomic E-state index is 12.0. The number of hydrogen-bond donors (Lipinski definition) is 2. The lowest BCUT2D eigenvalue weighted by atomic mass is 10.1. The zero-order valence-electron chi connectivity index (χ0n) is 15.5. The van der Waals surface area contributed by atoms with E-state index in [-0.39, 0.29) is 10.8 Å². The Balaban J connectivity index is 1.42. The van der Waals surface area contributed by atoms with Gasteiger partial charge in [-0.3, -0.25) is 14.5 Å². The predicted octanol–water partition coefficient (Wildman–Crippen LogP) is 3.89. The Bertz CT molecular complexity index is 1020. The first-order valence-corrected chi connectivity index (χ1v) is 11.0. The fraction of sp³-hybridized carbons (Fsp3) is 0.300. The maximum absolute atomic E-state index is 12.0. The van der Waals surface area contributed by atoms with Crippen LogP contribution in [0.25, 0.3) is 0 Å². The molecule has 0 saturated carbocycles. The van der Waals surface area contributed by atoms with Crippen LogP contribution in [0.4, 0.5) is 5.69 Å². The molecule has 0 fully saturated rings. The van der Waals surface area contributed by atoms with Gasteiger partial charge in [-0.05, 0) is 49.6 Å². The number of unbranched alkanes of at least 4 members (excludes halogenated alkanes) is 2. The van der Waals surface area contributed by atoms with Crippen LogP contribution >= 0.6 is 11.6 Å². The maximum Gasteiger partial charge on any atom is 0.263 e. The number of nitrogens with one attached hydrogen (secondary N) is 2. The lowest BCUT2D eigenvalue weighted by molar-refractivity contribution is -0.116. The number of benzene rings is 2. The summed E-state index contributed by atoms with van der Waals surface area (Å²) in [7, 11) is -3.49. The van der Waals surface area contributed by atoms with Crippen LogP contribution in [0.2, 0.25) is 5.02 Å². The molecule has 0 aliphatic carbocycles. The van der Waals surface area contributed by atoms with E-state index < -0.39 is 10.0 Å². The molecule has 2 aromatic carbocycles. The van der Waals surface area contributed by atoms with E-state index in [0.717, 1.165) is 24.8 Å². The molecule has 1 aliphatic rings. The Morgan fingerprint density at radius 3 is 2.71 bits per heavy atom. The molecule has 0 saturated heterocycles. The summed E-state index contributed by atoms with van der Waals surface area (Å²) < 4.78 is 26.5. The largest absolute Gasteiger partial charge is 0.325 e. The number of halogens is 1. The summed E-state index contributed by atoms with van der Waals surface area (Å²) in [5, 5.41) is 3.35. The monoisotopic (exact) mass is 419 g/mol. The zero-order valence-corrected chi connectivity index (χ0v) is 17.1. The van der Waals surface area contributed by atoms with Crippen molar-refractivity contribution in [2.24, 2.45) is 4.99 Å². The molecular formula is C20H22ClN3O3S.